The molecule has 0 saturated heterocycles. The maximum Gasteiger partial charge on any atom is 0.0645 e. The van der Waals surface area contributed by atoms with Gasteiger partial charge in [-0.15, -0.1) is 0 Å². The molecule has 0 radical (unpaired) electrons. The summed E-state index contributed by atoms with van der Waals surface area (Å²) in [7, 11) is 0. The van der Waals surface area contributed by atoms with Crippen LogP contribution in [0.3, 0.4) is 0 Å². The summed E-state index contributed by atoms with van der Waals surface area (Å²) in [5.74, 6) is 0. The number of nitrogens with zero attached hydrogens (tertiary/aromatic N) is 1. The third-order valence-corrected chi connectivity index (χ3v) is 3.42. The Labute approximate surface area is 125 Å². The SMILES string of the molecule is C(/C=C/c1ccccc1)=NCc1cccc2ccccc12. The Morgan fingerprint density at radius 1 is 0.762 bits per heavy atom. The lowest BCUT2D eigenvalue weighted by molar-refractivity contribution is 1.09. The molecule has 0 aliphatic rings. The van der Waals surface area contributed by atoms with Crippen molar-refractivity contribution in [2.75, 3.05) is 0 Å². The van der Waals surface area contributed by atoms with Crippen LogP contribution in [0.15, 0.2) is 83.9 Å². The van der Waals surface area contributed by atoms with Crippen LogP contribution in [-0.2, 0) is 6.54 Å². The van der Waals surface area contributed by atoms with Gasteiger partial charge in [0.1, 0.15) is 0 Å². The Morgan fingerprint density at radius 3 is 2.43 bits per heavy atom. The van der Waals surface area contributed by atoms with Gasteiger partial charge in [-0.05, 0) is 28.0 Å². The average molecular weight is 271 g/mol. The number of hydrogen-bond donors (Lipinski definition) is 0. The minimum Gasteiger partial charge on any atom is -0.288 e. The summed E-state index contributed by atoms with van der Waals surface area (Å²) in [4.78, 5) is 4.49. The van der Waals surface area contributed by atoms with Crippen LogP contribution in [0.25, 0.3) is 16.8 Å². The van der Waals surface area contributed by atoms with Gasteiger partial charge in [-0.2, -0.15) is 0 Å². The zero-order valence-electron chi connectivity index (χ0n) is 11.8. The number of allylic oxidation sites excluding steroid dienone is 1. The molecule has 0 atom stereocenters. The Bertz CT molecular complexity index is 765. The molecule has 3 rings (SSSR count). The Kier molecular flexibility index (Phi) is 4.23. The smallest absolute Gasteiger partial charge is 0.0645 e. The molecule has 1 nitrogen and oxygen atoms in total. The largest absolute Gasteiger partial charge is 0.288 e. The first kappa shape index (κ1) is 13.3. The zero-order valence-corrected chi connectivity index (χ0v) is 11.8. The molecule has 0 aliphatic carbocycles. The maximum atomic E-state index is 4.49. The summed E-state index contributed by atoms with van der Waals surface area (Å²) in [6, 6.07) is 25.0. The van der Waals surface area contributed by atoms with Crippen LogP contribution in [0.4, 0.5) is 0 Å². The topological polar surface area (TPSA) is 12.4 Å². The lowest BCUT2D eigenvalue weighted by atomic mass is 10.1. The van der Waals surface area contributed by atoms with Crippen LogP contribution in [0, 0.1) is 0 Å². The van der Waals surface area contributed by atoms with E-state index in [0.717, 1.165) is 0 Å². The van der Waals surface area contributed by atoms with Gasteiger partial charge >= 0.3 is 0 Å². The van der Waals surface area contributed by atoms with Gasteiger partial charge in [-0.3, -0.25) is 4.99 Å². The minimum atomic E-state index is 0.709. The molecule has 0 bridgehead atoms. The van der Waals surface area contributed by atoms with Crippen LogP contribution in [0.2, 0.25) is 0 Å². The van der Waals surface area contributed by atoms with Gasteiger partial charge in [0, 0.05) is 6.21 Å². The molecule has 1 heteroatoms. The van der Waals surface area contributed by atoms with Gasteiger partial charge in [-0.25, -0.2) is 0 Å². The van der Waals surface area contributed by atoms with Crippen molar-refractivity contribution in [3.63, 3.8) is 0 Å². The maximum absolute atomic E-state index is 4.49. The summed E-state index contributed by atoms with van der Waals surface area (Å²) in [6.07, 6.45) is 5.92. The molecule has 0 N–H and O–H groups in total. The molecule has 0 amide bonds. The molecule has 0 heterocycles. The third-order valence-electron chi connectivity index (χ3n) is 3.42. The van der Waals surface area contributed by atoms with Crippen LogP contribution in [0.1, 0.15) is 11.1 Å². The fraction of sp³-hybridized carbons (Fsp3) is 0.0500. The van der Waals surface area contributed by atoms with Crippen molar-refractivity contribution in [2.24, 2.45) is 4.99 Å². The van der Waals surface area contributed by atoms with E-state index in [1.165, 1.54) is 21.9 Å². The second kappa shape index (κ2) is 6.67. The van der Waals surface area contributed by atoms with Crippen molar-refractivity contribution in [3.8, 4) is 0 Å². The van der Waals surface area contributed by atoms with Gasteiger partial charge in [0.15, 0.2) is 0 Å². The molecular formula is C20H17N. The number of aliphatic imine (C=N–C) groups is 1. The molecule has 102 valence electrons. The first-order valence-corrected chi connectivity index (χ1v) is 7.12. The van der Waals surface area contributed by atoms with E-state index in [2.05, 4.69) is 65.7 Å². The van der Waals surface area contributed by atoms with Crippen LogP contribution in [0.5, 0.6) is 0 Å². The van der Waals surface area contributed by atoms with E-state index in [0.29, 0.717) is 6.54 Å². The molecule has 0 fully saturated rings. The second-order valence-electron chi connectivity index (χ2n) is 4.90. The molecule has 0 spiro atoms. The summed E-state index contributed by atoms with van der Waals surface area (Å²) >= 11 is 0. The number of hydrogen-bond acceptors (Lipinski definition) is 1. The van der Waals surface area contributed by atoms with Gasteiger partial charge in [0.05, 0.1) is 6.54 Å². The third kappa shape index (κ3) is 3.46. The number of benzene rings is 3. The van der Waals surface area contributed by atoms with E-state index in [9.17, 15) is 0 Å². The molecular weight excluding hydrogens is 254 g/mol. The lowest BCUT2D eigenvalue weighted by Crippen LogP contribution is -1.84. The highest BCUT2D eigenvalue weighted by Gasteiger charge is 1.97. The van der Waals surface area contributed by atoms with E-state index in [1.54, 1.807) is 0 Å². The van der Waals surface area contributed by atoms with Gasteiger partial charge in [0.25, 0.3) is 0 Å². The van der Waals surface area contributed by atoms with Gasteiger partial charge in [0.2, 0.25) is 0 Å². The zero-order chi connectivity index (χ0) is 14.3. The van der Waals surface area contributed by atoms with Crippen molar-refractivity contribution >= 4 is 23.1 Å². The van der Waals surface area contributed by atoms with E-state index < -0.39 is 0 Å². The first-order chi connectivity index (χ1) is 10.4. The molecule has 0 saturated carbocycles. The fourth-order valence-electron chi connectivity index (χ4n) is 2.36. The van der Waals surface area contributed by atoms with Gasteiger partial charge < -0.3 is 0 Å². The quantitative estimate of drug-likeness (QED) is 0.584. The van der Waals surface area contributed by atoms with Crippen LogP contribution in [-0.4, -0.2) is 6.21 Å². The number of rotatable bonds is 4. The molecule has 21 heavy (non-hydrogen) atoms. The van der Waals surface area contributed by atoms with E-state index in [1.807, 2.05) is 30.5 Å². The minimum absolute atomic E-state index is 0.709. The fourth-order valence-corrected chi connectivity index (χ4v) is 2.36. The molecule has 3 aromatic rings. The molecule has 0 aromatic heterocycles. The van der Waals surface area contributed by atoms with Crippen LogP contribution >= 0.6 is 0 Å². The van der Waals surface area contributed by atoms with Crippen molar-refractivity contribution in [3.05, 3.63) is 90.0 Å². The summed E-state index contributed by atoms with van der Waals surface area (Å²) in [5, 5.41) is 2.55. The molecule has 3 aromatic carbocycles. The number of fused-ring (bicyclic) bond motifs is 1. The second-order valence-corrected chi connectivity index (χ2v) is 4.90. The Hall–Kier alpha value is -2.67. The van der Waals surface area contributed by atoms with Crippen molar-refractivity contribution in [2.45, 2.75) is 6.54 Å². The predicted octanol–water partition coefficient (Wildman–Crippen LogP) is 5.12. The van der Waals surface area contributed by atoms with E-state index in [4.69, 9.17) is 0 Å². The summed E-state index contributed by atoms with van der Waals surface area (Å²) in [5.41, 5.74) is 2.45. The average Bonchev–Trinajstić information content (AvgIpc) is 2.56. The summed E-state index contributed by atoms with van der Waals surface area (Å²) in [6.45, 7) is 0.709. The lowest BCUT2D eigenvalue weighted by Gasteiger charge is -2.02. The predicted molar refractivity (Wildman–Crippen MR) is 91.6 cm³/mol. The first-order valence-electron chi connectivity index (χ1n) is 7.12. The van der Waals surface area contributed by atoms with Gasteiger partial charge in [-0.1, -0.05) is 78.9 Å². The van der Waals surface area contributed by atoms with Crippen molar-refractivity contribution in [1.82, 2.24) is 0 Å². The Morgan fingerprint density at radius 2 is 1.52 bits per heavy atom. The van der Waals surface area contributed by atoms with Crippen molar-refractivity contribution in [1.29, 1.82) is 0 Å². The highest BCUT2D eigenvalue weighted by molar-refractivity contribution is 5.86. The van der Waals surface area contributed by atoms with Crippen LogP contribution < -0.4 is 0 Å². The normalized spacial score (nSPS) is 11.6. The molecule has 0 unspecified atom stereocenters. The van der Waals surface area contributed by atoms with E-state index >= 15 is 0 Å². The molecule has 0 aliphatic heterocycles. The summed E-state index contributed by atoms with van der Waals surface area (Å²) < 4.78 is 0. The highest BCUT2D eigenvalue weighted by atomic mass is 14.7. The monoisotopic (exact) mass is 271 g/mol. The Balaban J connectivity index is 1.69. The standard InChI is InChI=1S/C20H17N/c1-2-8-17(9-3-1)10-7-15-21-16-19-13-6-12-18-11-4-5-14-20(18)19/h1-15H,16H2/b10-7+,21-15?. The van der Waals surface area contributed by atoms with E-state index in [-0.39, 0.29) is 0 Å². The van der Waals surface area contributed by atoms with Crippen molar-refractivity contribution < 1.29 is 0 Å². The highest BCUT2D eigenvalue weighted by Crippen LogP contribution is 2.18.